The van der Waals surface area contributed by atoms with Gasteiger partial charge in [-0.15, -0.1) is 0 Å². The van der Waals surface area contributed by atoms with Crippen molar-refractivity contribution in [2.45, 2.75) is 6.43 Å². The molecule has 0 radical (unpaired) electrons. The first-order valence-electron chi connectivity index (χ1n) is 4.60. The van der Waals surface area contributed by atoms with Gasteiger partial charge in [0.25, 0.3) is 11.7 Å². The summed E-state index contributed by atoms with van der Waals surface area (Å²) in [6.45, 7) is 0. The summed E-state index contributed by atoms with van der Waals surface area (Å²) in [7, 11) is 0. The molecule has 1 nitrogen and oxygen atoms in total. The quantitative estimate of drug-likeness (QED) is 0.721. The maximum absolute atomic E-state index is 12.8. The molecule has 0 unspecified atom stereocenters. The number of benzene rings is 2. The van der Waals surface area contributed by atoms with Crippen LogP contribution in [0.25, 0.3) is 10.8 Å². The molecule has 0 saturated carbocycles. The summed E-state index contributed by atoms with van der Waals surface area (Å²) >= 11 is 5.30. The van der Waals surface area contributed by atoms with Gasteiger partial charge in [-0.1, -0.05) is 24.3 Å². The van der Waals surface area contributed by atoms with Crippen molar-refractivity contribution in [1.82, 2.24) is 0 Å². The lowest BCUT2D eigenvalue weighted by Gasteiger charge is -2.07. The van der Waals surface area contributed by atoms with Crippen molar-refractivity contribution in [3.05, 3.63) is 47.5 Å². The highest BCUT2D eigenvalue weighted by Gasteiger charge is 2.14. The minimum Gasteiger partial charge on any atom is -0.276 e. The smallest absolute Gasteiger partial charge is 0.264 e. The molecule has 0 saturated heterocycles. The fourth-order valence-electron chi connectivity index (χ4n) is 1.63. The van der Waals surface area contributed by atoms with Crippen LogP contribution in [0, 0.1) is 0 Å². The maximum atomic E-state index is 12.8. The highest BCUT2D eigenvalue weighted by Crippen LogP contribution is 2.29. The molecule has 2 rings (SSSR count). The van der Waals surface area contributed by atoms with Crippen LogP contribution in [0.3, 0.4) is 0 Å². The molecule has 2 aromatic rings. The fourth-order valence-corrected chi connectivity index (χ4v) is 1.74. The first-order chi connectivity index (χ1) is 7.59. The van der Waals surface area contributed by atoms with E-state index in [1.54, 1.807) is 24.3 Å². The molecule has 0 aliphatic carbocycles. The second-order valence-electron chi connectivity index (χ2n) is 3.36. The number of alkyl halides is 2. The molecule has 0 heterocycles. The van der Waals surface area contributed by atoms with E-state index in [-0.39, 0.29) is 11.1 Å². The number of hydrogen-bond donors (Lipinski definition) is 0. The average Bonchev–Trinajstić information content (AvgIpc) is 2.27. The SMILES string of the molecule is O=C(Cl)c1cc(C(F)F)c2ccccc2c1. The van der Waals surface area contributed by atoms with Crippen LogP contribution in [-0.2, 0) is 0 Å². The Morgan fingerprint density at radius 2 is 1.88 bits per heavy atom. The van der Waals surface area contributed by atoms with Gasteiger partial charge in [0.15, 0.2) is 0 Å². The molecule has 2 aromatic carbocycles. The van der Waals surface area contributed by atoms with Gasteiger partial charge in [-0.25, -0.2) is 8.78 Å². The lowest BCUT2D eigenvalue weighted by molar-refractivity contribution is 0.108. The van der Waals surface area contributed by atoms with E-state index in [9.17, 15) is 13.6 Å². The van der Waals surface area contributed by atoms with Crippen molar-refractivity contribution in [1.29, 1.82) is 0 Å². The standard InChI is InChI=1S/C12H7ClF2O/c13-11(16)8-5-7-3-1-2-4-9(7)10(6-8)12(14)15/h1-6,12H. The van der Waals surface area contributed by atoms with Crippen LogP contribution in [0.2, 0.25) is 0 Å². The lowest BCUT2D eigenvalue weighted by atomic mass is 10.0. The molecule has 0 amide bonds. The Morgan fingerprint density at radius 3 is 2.50 bits per heavy atom. The van der Waals surface area contributed by atoms with Crippen LogP contribution in [-0.4, -0.2) is 5.24 Å². The van der Waals surface area contributed by atoms with Gasteiger partial charge in [0.05, 0.1) is 0 Å². The third-order valence-electron chi connectivity index (χ3n) is 2.36. The molecule has 0 atom stereocenters. The first-order valence-corrected chi connectivity index (χ1v) is 4.98. The molecule has 82 valence electrons. The Bertz CT molecular complexity index is 552. The molecule has 0 bridgehead atoms. The number of carbonyl (C=O) groups is 1. The minimum atomic E-state index is -2.62. The van der Waals surface area contributed by atoms with E-state index in [0.717, 1.165) is 6.07 Å². The molecular weight excluding hydrogens is 234 g/mol. The Morgan fingerprint density at radius 1 is 1.19 bits per heavy atom. The van der Waals surface area contributed by atoms with Crippen molar-refractivity contribution in [3.8, 4) is 0 Å². The summed E-state index contributed by atoms with van der Waals surface area (Å²) in [5.74, 6) is 0. The molecule has 0 fully saturated rings. The predicted octanol–water partition coefficient (Wildman–Crippen LogP) is 4.16. The summed E-state index contributed by atoms with van der Waals surface area (Å²) in [6.07, 6.45) is -2.62. The molecule has 0 aromatic heterocycles. The largest absolute Gasteiger partial charge is 0.276 e. The van der Waals surface area contributed by atoms with E-state index in [1.807, 2.05) is 0 Å². The number of carbonyl (C=O) groups excluding carboxylic acids is 1. The van der Waals surface area contributed by atoms with Crippen LogP contribution in [0.1, 0.15) is 22.3 Å². The van der Waals surface area contributed by atoms with E-state index in [2.05, 4.69) is 0 Å². The Labute approximate surface area is 95.6 Å². The van der Waals surface area contributed by atoms with Crippen LogP contribution < -0.4 is 0 Å². The van der Waals surface area contributed by atoms with Crippen molar-refractivity contribution in [2.24, 2.45) is 0 Å². The highest BCUT2D eigenvalue weighted by atomic mass is 35.5. The van der Waals surface area contributed by atoms with E-state index in [4.69, 9.17) is 11.6 Å². The topological polar surface area (TPSA) is 17.1 Å². The van der Waals surface area contributed by atoms with Crippen LogP contribution in [0.5, 0.6) is 0 Å². The molecule has 0 aliphatic heterocycles. The lowest BCUT2D eigenvalue weighted by Crippen LogP contribution is -1.94. The van der Waals surface area contributed by atoms with Gasteiger partial charge < -0.3 is 0 Å². The van der Waals surface area contributed by atoms with Gasteiger partial charge >= 0.3 is 0 Å². The van der Waals surface area contributed by atoms with Gasteiger partial charge in [0.2, 0.25) is 0 Å². The zero-order valence-electron chi connectivity index (χ0n) is 8.08. The van der Waals surface area contributed by atoms with Crippen molar-refractivity contribution >= 4 is 27.6 Å². The number of hydrogen-bond acceptors (Lipinski definition) is 1. The monoisotopic (exact) mass is 240 g/mol. The second kappa shape index (κ2) is 4.18. The maximum Gasteiger partial charge on any atom is 0.264 e. The molecule has 0 aliphatic rings. The number of halogens is 3. The third kappa shape index (κ3) is 1.91. The van der Waals surface area contributed by atoms with Crippen LogP contribution in [0.15, 0.2) is 36.4 Å². The molecular formula is C12H7ClF2O. The van der Waals surface area contributed by atoms with Gasteiger partial charge in [0, 0.05) is 11.1 Å². The highest BCUT2D eigenvalue weighted by molar-refractivity contribution is 6.67. The van der Waals surface area contributed by atoms with Gasteiger partial charge in [-0.05, 0) is 34.5 Å². The van der Waals surface area contributed by atoms with E-state index in [0.29, 0.717) is 10.8 Å². The summed E-state index contributed by atoms with van der Waals surface area (Å²) in [6, 6.07) is 9.32. The normalized spacial score (nSPS) is 11.0. The Kier molecular flexibility index (Phi) is 2.88. The fraction of sp³-hybridized carbons (Fsp3) is 0.0833. The van der Waals surface area contributed by atoms with E-state index >= 15 is 0 Å². The van der Waals surface area contributed by atoms with Gasteiger partial charge in [-0.3, -0.25) is 4.79 Å². The predicted molar refractivity (Wildman–Crippen MR) is 59.1 cm³/mol. The minimum absolute atomic E-state index is 0.0932. The summed E-state index contributed by atoms with van der Waals surface area (Å²) in [4.78, 5) is 11.0. The summed E-state index contributed by atoms with van der Waals surface area (Å²) in [5, 5.41) is 0.302. The van der Waals surface area contributed by atoms with Crippen LogP contribution in [0.4, 0.5) is 8.78 Å². The van der Waals surface area contributed by atoms with Crippen molar-refractivity contribution in [3.63, 3.8) is 0 Å². The van der Waals surface area contributed by atoms with E-state index in [1.165, 1.54) is 6.07 Å². The Balaban J connectivity index is 2.78. The molecule has 0 N–H and O–H groups in total. The molecule has 0 spiro atoms. The van der Waals surface area contributed by atoms with Crippen LogP contribution >= 0.6 is 11.6 Å². The van der Waals surface area contributed by atoms with Gasteiger partial charge in [0.1, 0.15) is 0 Å². The zero-order valence-corrected chi connectivity index (χ0v) is 8.84. The zero-order chi connectivity index (χ0) is 11.7. The van der Waals surface area contributed by atoms with E-state index < -0.39 is 11.7 Å². The summed E-state index contributed by atoms with van der Waals surface area (Å²) in [5.41, 5.74) is -0.0715. The van der Waals surface area contributed by atoms with Crippen molar-refractivity contribution < 1.29 is 13.6 Å². The first kappa shape index (κ1) is 11.0. The Hall–Kier alpha value is -1.48. The second-order valence-corrected chi connectivity index (χ2v) is 3.70. The molecule has 16 heavy (non-hydrogen) atoms. The molecule has 4 heteroatoms. The van der Waals surface area contributed by atoms with Gasteiger partial charge in [-0.2, -0.15) is 0 Å². The average molecular weight is 241 g/mol. The third-order valence-corrected chi connectivity index (χ3v) is 2.57. The van der Waals surface area contributed by atoms with Crippen molar-refractivity contribution in [2.75, 3.05) is 0 Å². The number of fused-ring (bicyclic) bond motifs is 1. The number of rotatable bonds is 2. The summed E-state index contributed by atoms with van der Waals surface area (Å²) < 4.78 is 25.6.